The summed E-state index contributed by atoms with van der Waals surface area (Å²) in [5, 5.41) is 11.5. The van der Waals surface area contributed by atoms with Crippen LogP contribution in [-0.2, 0) is 4.79 Å². The van der Waals surface area contributed by atoms with E-state index in [0.717, 1.165) is 5.82 Å². The van der Waals surface area contributed by atoms with Crippen LogP contribution in [-0.4, -0.2) is 31.2 Å². The Bertz CT molecular complexity index is 798. The predicted molar refractivity (Wildman–Crippen MR) is 85.7 cm³/mol. The standard InChI is InChI=1S/C15H14FN5OS/c1-11-18-19-15(21(11)20-8-2-3-9-20)23-10-14(22)17-13-6-4-12(16)5-7-13/h2-9H,10H2,1H3,(H,17,22). The Morgan fingerprint density at radius 3 is 2.61 bits per heavy atom. The van der Waals surface area contributed by atoms with Crippen molar-refractivity contribution >= 4 is 23.4 Å². The zero-order valence-electron chi connectivity index (χ0n) is 12.3. The van der Waals surface area contributed by atoms with Gasteiger partial charge in [-0.15, -0.1) is 10.2 Å². The van der Waals surface area contributed by atoms with Gasteiger partial charge in [0.2, 0.25) is 11.1 Å². The number of carbonyl (C=O) groups excluding carboxylic acids is 1. The number of aromatic nitrogens is 4. The fraction of sp³-hybridized carbons (Fsp3) is 0.133. The van der Waals surface area contributed by atoms with E-state index in [-0.39, 0.29) is 17.5 Å². The molecule has 8 heteroatoms. The van der Waals surface area contributed by atoms with Crippen LogP contribution >= 0.6 is 11.8 Å². The number of amides is 1. The van der Waals surface area contributed by atoms with Crippen molar-refractivity contribution in [2.24, 2.45) is 0 Å². The number of benzene rings is 1. The van der Waals surface area contributed by atoms with E-state index in [0.29, 0.717) is 10.8 Å². The molecule has 118 valence electrons. The maximum atomic E-state index is 12.8. The summed E-state index contributed by atoms with van der Waals surface area (Å²) in [4.78, 5) is 12.0. The molecule has 0 radical (unpaired) electrons. The van der Waals surface area contributed by atoms with Gasteiger partial charge < -0.3 is 5.32 Å². The van der Waals surface area contributed by atoms with E-state index >= 15 is 0 Å². The van der Waals surface area contributed by atoms with Crippen molar-refractivity contribution in [3.63, 3.8) is 0 Å². The fourth-order valence-corrected chi connectivity index (χ4v) is 2.79. The van der Waals surface area contributed by atoms with Gasteiger partial charge in [-0.2, -0.15) is 0 Å². The second-order valence-electron chi connectivity index (χ2n) is 4.75. The summed E-state index contributed by atoms with van der Waals surface area (Å²) in [5.74, 6) is 0.369. The zero-order valence-corrected chi connectivity index (χ0v) is 13.1. The number of hydrogen-bond donors (Lipinski definition) is 1. The molecule has 0 aliphatic rings. The molecule has 0 unspecified atom stereocenters. The van der Waals surface area contributed by atoms with Crippen LogP contribution in [0.15, 0.2) is 53.9 Å². The fourth-order valence-electron chi connectivity index (χ4n) is 2.01. The summed E-state index contributed by atoms with van der Waals surface area (Å²) in [6.07, 6.45) is 3.75. The number of rotatable bonds is 5. The van der Waals surface area contributed by atoms with Crippen molar-refractivity contribution in [3.05, 3.63) is 60.4 Å². The van der Waals surface area contributed by atoms with Crippen molar-refractivity contribution in [1.29, 1.82) is 0 Å². The second kappa shape index (κ2) is 6.66. The molecule has 0 aliphatic heterocycles. The largest absolute Gasteiger partial charge is 0.325 e. The Kier molecular flexibility index (Phi) is 4.42. The number of hydrogen-bond acceptors (Lipinski definition) is 4. The van der Waals surface area contributed by atoms with Crippen LogP contribution in [0.4, 0.5) is 10.1 Å². The van der Waals surface area contributed by atoms with Crippen LogP contribution in [0, 0.1) is 12.7 Å². The first-order valence-electron chi connectivity index (χ1n) is 6.87. The third-order valence-electron chi connectivity index (χ3n) is 3.05. The molecule has 0 saturated carbocycles. The van der Waals surface area contributed by atoms with Gasteiger partial charge in [0, 0.05) is 18.1 Å². The number of nitrogens with zero attached hydrogens (tertiary/aromatic N) is 4. The first-order valence-corrected chi connectivity index (χ1v) is 7.86. The molecule has 0 aliphatic carbocycles. The van der Waals surface area contributed by atoms with Crippen molar-refractivity contribution < 1.29 is 9.18 Å². The molecule has 0 spiro atoms. The highest BCUT2D eigenvalue weighted by molar-refractivity contribution is 7.99. The van der Waals surface area contributed by atoms with E-state index < -0.39 is 0 Å². The summed E-state index contributed by atoms with van der Waals surface area (Å²) in [5.41, 5.74) is 0.556. The molecule has 6 nitrogen and oxygen atoms in total. The predicted octanol–water partition coefficient (Wildman–Crippen LogP) is 2.57. The summed E-state index contributed by atoms with van der Waals surface area (Å²) < 4.78 is 16.5. The van der Waals surface area contributed by atoms with Crippen molar-refractivity contribution in [3.8, 4) is 0 Å². The van der Waals surface area contributed by atoms with Crippen LogP contribution in [0.5, 0.6) is 0 Å². The van der Waals surface area contributed by atoms with Crippen LogP contribution in [0.25, 0.3) is 0 Å². The topological polar surface area (TPSA) is 64.7 Å². The van der Waals surface area contributed by atoms with E-state index in [1.807, 2.05) is 40.8 Å². The van der Waals surface area contributed by atoms with Gasteiger partial charge in [0.1, 0.15) is 5.82 Å². The molecule has 1 aromatic carbocycles. The maximum absolute atomic E-state index is 12.8. The van der Waals surface area contributed by atoms with Gasteiger partial charge in [-0.25, -0.2) is 9.07 Å². The third-order valence-corrected chi connectivity index (χ3v) is 3.97. The lowest BCUT2D eigenvalue weighted by atomic mass is 10.3. The van der Waals surface area contributed by atoms with E-state index in [9.17, 15) is 9.18 Å². The normalized spacial score (nSPS) is 10.7. The minimum absolute atomic E-state index is 0.177. The Balaban J connectivity index is 1.65. The minimum Gasteiger partial charge on any atom is -0.325 e. The molecule has 1 amide bonds. The highest BCUT2D eigenvalue weighted by atomic mass is 32.2. The molecule has 3 rings (SSSR count). The van der Waals surface area contributed by atoms with E-state index in [1.165, 1.54) is 36.0 Å². The lowest BCUT2D eigenvalue weighted by molar-refractivity contribution is -0.113. The van der Waals surface area contributed by atoms with Gasteiger partial charge >= 0.3 is 0 Å². The number of nitrogens with one attached hydrogen (secondary N) is 1. The highest BCUT2D eigenvalue weighted by Crippen LogP contribution is 2.18. The zero-order chi connectivity index (χ0) is 16.2. The lowest BCUT2D eigenvalue weighted by Crippen LogP contribution is -2.15. The number of halogens is 1. The molecule has 0 bridgehead atoms. The summed E-state index contributed by atoms with van der Waals surface area (Å²) in [7, 11) is 0. The Hall–Kier alpha value is -2.61. The Labute approximate surface area is 136 Å². The Morgan fingerprint density at radius 1 is 1.22 bits per heavy atom. The average molecular weight is 331 g/mol. The first kappa shape index (κ1) is 15.3. The maximum Gasteiger partial charge on any atom is 0.234 e. The molecule has 23 heavy (non-hydrogen) atoms. The monoisotopic (exact) mass is 331 g/mol. The van der Waals surface area contributed by atoms with E-state index in [2.05, 4.69) is 15.5 Å². The van der Waals surface area contributed by atoms with Gasteiger partial charge in [0.15, 0.2) is 5.82 Å². The van der Waals surface area contributed by atoms with Crippen molar-refractivity contribution in [1.82, 2.24) is 19.5 Å². The van der Waals surface area contributed by atoms with Crippen molar-refractivity contribution in [2.45, 2.75) is 12.1 Å². The molecule has 0 atom stereocenters. The highest BCUT2D eigenvalue weighted by Gasteiger charge is 2.13. The lowest BCUT2D eigenvalue weighted by Gasteiger charge is -2.09. The van der Waals surface area contributed by atoms with E-state index in [1.54, 1.807) is 0 Å². The van der Waals surface area contributed by atoms with Crippen molar-refractivity contribution in [2.75, 3.05) is 11.1 Å². The van der Waals surface area contributed by atoms with Gasteiger partial charge in [-0.3, -0.25) is 9.47 Å². The smallest absolute Gasteiger partial charge is 0.234 e. The third kappa shape index (κ3) is 3.59. The number of aryl methyl sites for hydroxylation is 1. The molecule has 3 aromatic rings. The molecule has 0 saturated heterocycles. The molecule has 2 heterocycles. The van der Waals surface area contributed by atoms with Crippen LogP contribution in [0.3, 0.4) is 0 Å². The van der Waals surface area contributed by atoms with E-state index in [4.69, 9.17) is 0 Å². The summed E-state index contributed by atoms with van der Waals surface area (Å²) in [6.45, 7) is 1.84. The van der Waals surface area contributed by atoms with Crippen LogP contribution in [0.2, 0.25) is 0 Å². The summed E-state index contributed by atoms with van der Waals surface area (Å²) >= 11 is 1.28. The average Bonchev–Trinajstić information content (AvgIpc) is 3.17. The number of carbonyl (C=O) groups is 1. The molecule has 0 fully saturated rings. The second-order valence-corrected chi connectivity index (χ2v) is 5.69. The van der Waals surface area contributed by atoms with Gasteiger partial charge in [0.25, 0.3) is 0 Å². The van der Waals surface area contributed by atoms with Gasteiger partial charge in [0.05, 0.1) is 5.75 Å². The minimum atomic E-state index is -0.340. The molecule has 1 N–H and O–H groups in total. The van der Waals surface area contributed by atoms with Gasteiger partial charge in [-0.1, -0.05) is 11.8 Å². The molecule has 2 aromatic heterocycles. The number of thioether (sulfide) groups is 1. The SMILES string of the molecule is Cc1nnc(SCC(=O)Nc2ccc(F)cc2)n1-n1cccc1. The summed E-state index contributed by atoms with van der Waals surface area (Å²) in [6, 6.07) is 9.43. The van der Waals surface area contributed by atoms with Gasteiger partial charge in [-0.05, 0) is 43.3 Å². The Morgan fingerprint density at radius 2 is 1.91 bits per heavy atom. The molecular weight excluding hydrogens is 317 g/mol. The molecular formula is C15H14FN5OS. The quantitative estimate of drug-likeness (QED) is 0.730. The number of anilines is 1. The van der Waals surface area contributed by atoms with Crippen LogP contribution in [0.1, 0.15) is 5.82 Å². The van der Waals surface area contributed by atoms with Crippen LogP contribution < -0.4 is 5.32 Å². The first-order chi connectivity index (χ1) is 11.1.